The zero-order valence-corrected chi connectivity index (χ0v) is 16.7. The number of fused-ring (bicyclic) bond motifs is 1. The molecule has 7 heteroatoms. The molecule has 0 amide bonds. The van der Waals surface area contributed by atoms with Gasteiger partial charge in [-0.1, -0.05) is 12.1 Å². The van der Waals surface area contributed by atoms with E-state index in [1.807, 2.05) is 25.3 Å². The van der Waals surface area contributed by atoms with Gasteiger partial charge in [0.15, 0.2) is 0 Å². The standard InChI is InChI=1S/C22H26N6O/c1-14-25-22(28-27-14)26-21-18-4-2-3-15(18)5-6-19(21)16-7-12-24-20(13-16)29-17-8-10-23-11-9-17/h5-7,12-13,17,23H,2-4,8-11H2,1H3,(H2,25,26,27,28). The van der Waals surface area contributed by atoms with Gasteiger partial charge in [-0.25, -0.2) is 4.98 Å². The largest absolute Gasteiger partial charge is 0.474 e. The fourth-order valence-electron chi connectivity index (χ4n) is 4.29. The van der Waals surface area contributed by atoms with Crippen LogP contribution in [0.3, 0.4) is 0 Å². The molecule has 3 heterocycles. The van der Waals surface area contributed by atoms with Gasteiger partial charge < -0.3 is 15.4 Å². The highest BCUT2D eigenvalue weighted by atomic mass is 16.5. The minimum Gasteiger partial charge on any atom is -0.474 e. The first-order chi connectivity index (χ1) is 14.3. The van der Waals surface area contributed by atoms with Crippen molar-refractivity contribution in [2.75, 3.05) is 18.4 Å². The number of hydrogen-bond acceptors (Lipinski definition) is 6. The summed E-state index contributed by atoms with van der Waals surface area (Å²) in [5.41, 5.74) is 6.09. The average molecular weight is 390 g/mol. The van der Waals surface area contributed by atoms with Crippen molar-refractivity contribution < 1.29 is 4.74 Å². The molecule has 1 aliphatic carbocycles. The number of anilines is 2. The van der Waals surface area contributed by atoms with Crippen LogP contribution in [-0.4, -0.2) is 39.4 Å². The number of nitrogens with one attached hydrogen (secondary N) is 3. The molecule has 3 N–H and O–H groups in total. The summed E-state index contributed by atoms with van der Waals surface area (Å²) < 4.78 is 6.17. The second-order valence-electron chi connectivity index (χ2n) is 7.80. The van der Waals surface area contributed by atoms with E-state index in [4.69, 9.17) is 4.74 Å². The predicted molar refractivity (Wildman–Crippen MR) is 113 cm³/mol. The number of benzene rings is 1. The number of hydrogen-bond donors (Lipinski definition) is 3. The Hall–Kier alpha value is -2.93. The summed E-state index contributed by atoms with van der Waals surface area (Å²) in [6.07, 6.45) is 7.47. The van der Waals surface area contributed by atoms with Crippen molar-refractivity contribution in [3.63, 3.8) is 0 Å². The molecule has 0 unspecified atom stereocenters. The maximum Gasteiger partial charge on any atom is 0.246 e. The van der Waals surface area contributed by atoms with Gasteiger partial charge in [-0.05, 0) is 74.9 Å². The number of rotatable bonds is 5. The number of nitrogens with zero attached hydrogens (tertiary/aromatic N) is 3. The van der Waals surface area contributed by atoms with Crippen LogP contribution in [0.25, 0.3) is 11.1 Å². The van der Waals surface area contributed by atoms with Crippen molar-refractivity contribution in [1.82, 2.24) is 25.5 Å². The van der Waals surface area contributed by atoms with Gasteiger partial charge in [-0.15, -0.1) is 5.10 Å². The van der Waals surface area contributed by atoms with E-state index in [9.17, 15) is 0 Å². The summed E-state index contributed by atoms with van der Waals surface area (Å²) in [6.45, 7) is 3.90. The Morgan fingerprint density at radius 3 is 2.86 bits per heavy atom. The SMILES string of the molecule is Cc1nc(Nc2c(-c3ccnc(OC4CCNCC4)c3)ccc3c2CCC3)n[nH]1. The minimum absolute atomic E-state index is 0.229. The topological polar surface area (TPSA) is 87.8 Å². The molecular formula is C22H26N6O. The van der Waals surface area contributed by atoms with Crippen LogP contribution in [0.1, 0.15) is 36.2 Å². The quantitative estimate of drug-likeness (QED) is 0.618. The lowest BCUT2D eigenvalue weighted by molar-refractivity contribution is 0.156. The van der Waals surface area contributed by atoms with Crippen molar-refractivity contribution in [3.8, 4) is 17.0 Å². The monoisotopic (exact) mass is 390 g/mol. The molecular weight excluding hydrogens is 364 g/mol. The van der Waals surface area contributed by atoms with Gasteiger partial charge in [-0.3, -0.25) is 5.10 Å². The number of aromatic nitrogens is 4. The number of ether oxygens (including phenoxy) is 1. The summed E-state index contributed by atoms with van der Waals surface area (Å²) in [5, 5.41) is 14.0. The van der Waals surface area contributed by atoms with E-state index in [1.54, 1.807) is 0 Å². The van der Waals surface area contributed by atoms with Crippen molar-refractivity contribution in [3.05, 3.63) is 47.4 Å². The normalized spacial score (nSPS) is 16.6. The van der Waals surface area contributed by atoms with Crippen molar-refractivity contribution in [2.24, 2.45) is 0 Å². The number of H-pyrrole nitrogens is 1. The van der Waals surface area contributed by atoms with E-state index in [-0.39, 0.29) is 6.10 Å². The Morgan fingerprint density at radius 2 is 2.03 bits per heavy atom. The van der Waals surface area contributed by atoms with Crippen molar-refractivity contribution >= 4 is 11.6 Å². The molecule has 0 radical (unpaired) electrons. The fourth-order valence-corrected chi connectivity index (χ4v) is 4.29. The van der Waals surface area contributed by atoms with Crippen LogP contribution in [0.5, 0.6) is 5.88 Å². The highest BCUT2D eigenvalue weighted by Gasteiger charge is 2.21. The third kappa shape index (κ3) is 3.82. The van der Waals surface area contributed by atoms with Gasteiger partial charge in [0.05, 0.1) is 5.69 Å². The van der Waals surface area contributed by atoms with Crippen LogP contribution in [-0.2, 0) is 12.8 Å². The molecule has 0 bridgehead atoms. The van der Waals surface area contributed by atoms with E-state index in [0.717, 1.165) is 61.4 Å². The van der Waals surface area contributed by atoms with Gasteiger partial charge in [0.1, 0.15) is 11.9 Å². The molecule has 0 saturated carbocycles. The molecule has 1 fully saturated rings. The highest BCUT2D eigenvalue weighted by molar-refractivity contribution is 5.84. The van der Waals surface area contributed by atoms with Gasteiger partial charge in [0.2, 0.25) is 11.8 Å². The summed E-state index contributed by atoms with van der Waals surface area (Å²) in [5.74, 6) is 2.09. The molecule has 2 aromatic heterocycles. The van der Waals surface area contributed by atoms with Crippen molar-refractivity contribution in [1.29, 1.82) is 0 Å². The first-order valence-electron chi connectivity index (χ1n) is 10.4. The third-order valence-corrected chi connectivity index (χ3v) is 5.74. The third-order valence-electron chi connectivity index (χ3n) is 5.74. The molecule has 3 aromatic rings. The Bertz CT molecular complexity index is 1010. The first kappa shape index (κ1) is 18.1. The molecule has 1 saturated heterocycles. The van der Waals surface area contributed by atoms with Gasteiger partial charge >= 0.3 is 0 Å². The molecule has 29 heavy (non-hydrogen) atoms. The Morgan fingerprint density at radius 1 is 1.14 bits per heavy atom. The van der Waals surface area contributed by atoms with E-state index >= 15 is 0 Å². The predicted octanol–water partition coefficient (Wildman–Crippen LogP) is 3.54. The van der Waals surface area contributed by atoms with Crippen LogP contribution in [0.4, 0.5) is 11.6 Å². The van der Waals surface area contributed by atoms with Crippen LogP contribution >= 0.6 is 0 Å². The Labute approximate surface area is 170 Å². The zero-order valence-electron chi connectivity index (χ0n) is 16.7. The van der Waals surface area contributed by atoms with Gasteiger partial charge in [0, 0.05) is 17.8 Å². The molecule has 0 atom stereocenters. The summed E-state index contributed by atoms with van der Waals surface area (Å²) >= 11 is 0. The van der Waals surface area contributed by atoms with Crippen LogP contribution in [0.15, 0.2) is 30.5 Å². The number of pyridine rings is 1. The summed E-state index contributed by atoms with van der Waals surface area (Å²) in [6, 6.07) is 8.53. The maximum atomic E-state index is 6.17. The van der Waals surface area contributed by atoms with E-state index in [2.05, 4.69) is 42.9 Å². The highest BCUT2D eigenvalue weighted by Crippen LogP contribution is 2.39. The van der Waals surface area contributed by atoms with E-state index < -0.39 is 0 Å². The summed E-state index contributed by atoms with van der Waals surface area (Å²) in [4.78, 5) is 8.90. The van der Waals surface area contributed by atoms with Crippen LogP contribution < -0.4 is 15.4 Å². The molecule has 7 nitrogen and oxygen atoms in total. The zero-order chi connectivity index (χ0) is 19.6. The molecule has 150 valence electrons. The lowest BCUT2D eigenvalue weighted by Gasteiger charge is -2.23. The first-order valence-corrected chi connectivity index (χ1v) is 10.4. The molecule has 0 spiro atoms. The van der Waals surface area contributed by atoms with E-state index in [1.165, 1.54) is 17.5 Å². The average Bonchev–Trinajstić information content (AvgIpc) is 3.38. The Kier molecular flexibility index (Phi) is 4.89. The Balaban J connectivity index is 1.49. The van der Waals surface area contributed by atoms with Crippen LogP contribution in [0.2, 0.25) is 0 Å². The van der Waals surface area contributed by atoms with Crippen molar-refractivity contribution in [2.45, 2.75) is 45.1 Å². The minimum atomic E-state index is 0.229. The summed E-state index contributed by atoms with van der Waals surface area (Å²) in [7, 11) is 0. The molecule has 5 rings (SSSR count). The number of piperidine rings is 1. The molecule has 1 aliphatic heterocycles. The van der Waals surface area contributed by atoms with Gasteiger partial charge in [-0.2, -0.15) is 4.98 Å². The maximum absolute atomic E-state index is 6.17. The van der Waals surface area contributed by atoms with Crippen LogP contribution in [0, 0.1) is 6.92 Å². The fraction of sp³-hybridized carbons (Fsp3) is 0.409. The lowest BCUT2D eigenvalue weighted by atomic mass is 9.98. The second-order valence-corrected chi connectivity index (χ2v) is 7.80. The number of aryl methyl sites for hydroxylation is 2. The molecule has 2 aliphatic rings. The second kappa shape index (κ2) is 7.83. The van der Waals surface area contributed by atoms with Gasteiger partial charge in [0.25, 0.3) is 0 Å². The number of aromatic amines is 1. The van der Waals surface area contributed by atoms with E-state index in [0.29, 0.717) is 11.8 Å². The molecule has 1 aromatic carbocycles. The smallest absolute Gasteiger partial charge is 0.246 e. The lowest BCUT2D eigenvalue weighted by Crippen LogP contribution is -2.34.